The number of carbonyl (C=O) groups excluding carboxylic acids is 1. The Hall–Kier alpha value is -1.55. The van der Waals surface area contributed by atoms with Gasteiger partial charge in [-0.15, -0.1) is 0 Å². The van der Waals surface area contributed by atoms with Crippen molar-refractivity contribution < 1.29 is 4.79 Å². The molecule has 0 radical (unpaired) electrons. The Balaban J connectivity index is 2.08. The lowest BCUT2D eigenvalue weighted by Crippen LogP contribution is -2.44. The standard InChI is InChI=1S/C13H19N3O/c1-15-11-3-2-8-16(9-11)12-6-4-10(5-7-12)13(14)17/h4-7,11,15H,2-3,8-9H2,1H3,(H2,14,17). The van der Waals surface area contributed by atoms with Crippen molar-refractivity contribution in [2.45, 2.75) is 18.9 Å². The van der Waals surface area contributed by atoms with E-state index in [1.165, 1.54) is 12.8 Å². The SMILES string of the molecule is CNC1CCCN(c2ccc(C(N)=O)cc2)C1. The number of hydrogen-bond donors (Lipinski definition) is 2. The van der Waals surface area contributed by atoms with Gasteiger partial charge in [0.25, 0.3) is 0 Å². The third kappa shape index (κ3) is 2.77. The fourth-order valence-corrected chi connectivity index (χ4v) is 2.28. The van der Waals surface area contributed by atoms with E-state index in [9.17, 15) is 4.79 Å². The first-order valence-corrected chi connectivity index (χ1v) is 6.03. The summed E-state index contributed by atoms with van der Waals surface area (Å²) < 4.78 is 0. The monoisotopic (exact) mass is 233 g/mol. The van der Waals surface area contributed by atoms with Crippen LogP contribution in [0.25, 0.3) is 0 Å². The zero-order chi connectivity index (χ0) is 12.3. The number of nitrogens with one attached hydrogen (secondary N) is 1. The zero-order valence-electron chi connectivity index (χ0n) is 10.1. The van der Waals surface area contributed by atoms with E-state index in [4.69, 9.17) is 5.73 Å². The summed E-state index contributed by atoms with van der Waals surface area (Å²) in [6.45, 7) is 2.10. The summed E-state index contributed by atoms with van der Waals surface area (Å²) in [5.74, 6) is -0.372. The topological polar surface area (TPSA) is 58.4 Å². The van der Waals surface area contributed by atoms with E-state index in [1.807, 2.05) is 19.2 Å². The van der Waals surface area contributed by atoms with E-state index in [0.717, 1.165) is 18.8 Å². The molecule has 0 bridgehead atoms. The number of nitrogens with zero attached hydrogens (tertiary/aromatic N) is 1. The Morgan fingerprint density at radius 3 is 2.71 bits per heavy atom. The van der Waals surface area contributed by atoms with Crippen LogP contribution in [0, 0.1) is 0 Å². The van der Waals surface area contributed by atoms with E-state index in [-0.39, 0.29) is 5.91 Å². The summed E-state index contributed by atoms with van der Waals surface area (Å²) in [5.41, 5.74) is 6.95. The average molecular weight is 233 g/mol. The summed E-state index contributed by atoms with van der Waals surface area (Å²) >= 11 is 0. The molecule has 1 atom stereocenters. The lowest BCUT2D eigenvalue weighted by atomic mass is 10.0. The Morgan fingerprint density at radius 1 is 1.41 bits per heavy atom. The van der Waals surface area contributed by atoms with Gasteiger partial charge >= 0.3 is 0 Å². The van der Waals surface area contributed by atoms with Gasteiger partial charge in [0, 0.05) is 30.4 Å². The molecule has 4 heteroatoms. The number of hydrogen-bond acceptors (Lipinski definition) is 3. The highest BCUT2D eigenvalue weighted by Gasteiger charge is 2.18. The van der Waals surface area contributed by atoms with Crippen LogP contribution in [0.2, 0.25) is 0 Å². The van der Waals surface area contributed by atoms with Crippen LogP contribution in [0.15, 0.2) is 24.3 Å². The molecule has 0 spiro atoms. The van der Waals surface area contributed by atoms with Crippen LogP contribution in [-0.4, -0.2) is 32.1 Å². The third-order valence-electron chi connectivity index (χ3n) is 3.35. The minimum absolute atomic E-state index is 0.372. The van der Waals surface area contributed by atoms with Crippen molar-refractivity contribution >= 4 is 11.6 Å². The molecule has 0 aliphatic carbocycles. The summed E-state index contributed by atoms with van der Waals surface area (Å²) in [5, 5.41) is 3.32. The lowest BCUT2D eigenvalue weighted by Gasteiger charge is -2.34. The Bertz CT molecular complexity index is 388. The largest absolute Gasteiger partial charge is 0.370 e. The first-order valence-electron chi connectivity index (χ1n) is 6.03. The summed E-state index contributed by atoms with van der Waals surface area (Å²) in [6.07, 6.45) is 2.43. The first kappa shape index (κ1) is 11.9. The number of rotatable bonds is 3. The maximum atomic E-state index is 11.0. The number of anilines is 1. The molecule has 1 aliphatic heterocycles. The minimum Gasteiger partial charge on any atom is -0.370 e. The molecule has 1 unspecified atom stereocenters. The van der Waals surface area contributed by atoms with Crippen molar-refractivity contribution in [3.63, 3.8) is 0 Å². The molecule has 0 saturated carbocycles. The number of nitrogens with two attached hydrogens (primary N) is 1. The van der Waals surface area contributed by atoms with E-state index >= 15 is 0 Å². The van der Waals surface area contributed by atoms with Crippen LogP contribution in [-0.2, 0) is 0 Å². The molecule has 3 N–H and O–H groups in total. The number of carbonyl (C=O) groups is 1. The predicted octanol–water partition coefficient (Wildman–Crippen LogP) is 0.974. The highest BCUT2D eigenvalue weighted by atomic mass is 16.1. The molecular formula is C13H19N3O. The Kier molecular flexibility index (Phi) is 3.64. The highest BCUT2D eigenvalue weighted by Crippen LogP contribution is 2.20. The van der Waals surface area contributed by atoms with Crippen molar-refractivity contribution in [3.05, 3.63) is 29.8 Å². The summed E-state index contributed by atoms with van der Waals surface area (Å²) in [4.78, 5) is 13.3. The first-order chi connectivity index (χ1) is 8.20. The van der Waals surface area contributed by atoms with Crippen molar-refractivity contribution in [3.8, 4) is 0 Å². The molecule has 1 heterocycles. The highest BCUT2D eigenvalue weighted by molar-refractivity contribution is 5.93. The quantitative estimate of drug-likeness (QED) is 0.818. The third-order valence-corrected chi connectivity index (χ3v) is 3.35. The van der Waals surface area contributed by atoms with Gasteiger partial charge < -0.3 is 16.0 Å². The Morgan fingerprint density at radius 2 is 2.12 bits per heavy atom. The fraction of sp³-hybridized carbons (Fsp3) is 0.462. The molecule has 17 heavy (non-hydrogen) atoms. The van der Waals surface area contributed by atoms with Gasteiger partial charge in [-0.25, -0.2) is 0 Å². The second kappa shape index (κ2) is 5.19. The van der Waals surface area contributed by atoms with Crippen LogP contribution >= 0.6 is 0 Å². The number of piperidine rings is 1. The van der Waals surface area contributed by atoms with Gasteiger partial charge in [0.15, 0.2) is 0 Å². The summed E-state index contributed by atoms with van der Waals surface area (Å²) in [7, 11) is 2.00. The molecule has 1 amide bonds. The van der Waals surface area contributed by atoms with Crippen LogP contribution in [0.4, 0.5) is 5.69 Å². The van der Waals surface area contributed by atoms with Gasteiger partial charge in [-0.2, -0.15) is 0 Å². The second-order valence-electron chi connectivity index (χ2n) is 4.48. The van der Waals surface area contributed by atoms with Crippen molar-refractivity contribution in [2.24, 2.45) is 5.73 Å². The van der Waals surface area contributed by atoms with Crippen LogP contribution < -0.4 is 16.0 Å². The Labute approximate surface area is 102 Å². The minimum atomic E-state index is -0.372. The van der Waals surface area contributed by atoms with Crippen LogP contribution in [0.5, 0.6) is 0 Å². The molecule has 1 aromatic carbocycles. The molecule has 4 nitrogen and oxygen atoms in total. The van der Waals surface area contributed by atoms with Crippen LogP contribution in [0.3, 0.4) is 0 Å². The number of amides is 1. The number of likely N-dealkylation sites (N-methyl/N-ethyl adjacent to an activating group) is 1. The van der Waals surface area contributed by atoms with Crippen molar-refractivity contribution in [1.29, 1.82) is 0 Å². The maximum absolute atomic E-state index is 11.0. The van der Waals surface area contributed by atoms with Crippen molar-refractivity contribution in [2.75, 3.05) is 25.0 Å². The molecule has 1 saturated heterocycles. The van der Waals surface area contributed by atoms with E-state index < -0.39 is 0 Å². The second-order valence-corrected chi connectivity index (χ2v) is 4.48. The number of primary amides is 1. The maximum Gasteiger partial charge on any atom is 0.248 e. The van der Waals surface area contributed by atoms with E-state index in [0.29, 0.717) is 11.6 Å². The summed E-state index contributed by atoms with van der Waals surface area (Å²) in [6, 6.07) is 8.08. The predicted molar refractivity (Wildman–Crippen MR) is 69.3 cm³/mol. The van der Waals surface area contributed by atoms with E-state index in [2.05, 4.69) is 10.2 Å². The normalized spacial score (nSPS) is 20.3. The molecule has 92 valence electrons. The van der Waals surface area contributed by atoms with Gasteiger partial charge in [0.2, 0.25) is 5.91 Å². The molecule has 2 rings (SSSR count). The zero-order valence-corrected chi connectivity index (χ0v) is 10.1. The van der Waals surface area contributed by atoms with Gasteiger partial charge in [-0.05, 0) is 44.2 Å². The van der Waals surface area contributed by atoms with Crippen molar-refractivity contribution in [1.82, 2.24) is 5.32 Å². The van der Waals surface area contributed by atoms with Gasteiger partial charge in [0.05, 0.1) is 0 Å². The molecule has 1 aliphatic rings. The van der Waals surface area contributed by atoms with Gasteiger partial charge in [-0.3, -0.25) is 4.79 Å². The fourth-order valence-electron chi connectivity index (χ4n) is 2.28. The van der Waals surface area contributed by atoms with E-state index in [1.54, 1.807) is 12.1 Å². The average Bonchev–Trinajstić information content (AvgIpc) is 2.39. The lowest BCUT2D eigenvalue weighted by molar-refractivity contribution is 0.100. The van der Waals surface area contributed by atoms with Gasteiger partial charge in [-0.1, -0.05) is 0 Å². The smallest absolute Gasteiger partial charge is 0.248 e. The molecule has 1 aromatic rings. The van der Waals surface area contributed by atoms with Crippen LogP contribution in [0.1, 0.15) is 23.2 Å². The van der Waals surface area contributed by atoms with Gasteiger partial charge in [0.1, 0.15) is 0 Å². The molecule has 0 aromatic heterocycles. The molecular weight excluding hydrogens is 214 g/mol. The molecule has 1 fully saturated rings. The number of benzene rings is 1.